The summed E-state index contributed by atoms with van der Waals surface area (Å²) in [5.74, 6) is -2.22. The van der Waals surface area contributed by atoms with Crippen molar-refractivity contribution in [2.24, 2.45) is 0 Å². The standard InChI is InChI=1S/C21H29BF2N4O5S.C2H6/c23-13-9-12(10-14(24)18(13)22(32)33)20(30)26-8-4-3-7-25-17(29)6-2-1-5-16-19-15(11-34-16)27-21(31)28-19;1-2/h9-10,15-16,19,32-33H,1-8,11H2,(H,25,29)(H,26,30)(H2,27,28,31);1-2H3. The Morgan fingerprint density at radius 2 is 1.69 bits per heavy atom. The molecule has 3 rings (SSSR count). The van der Waals surface area contributed by atoms with Gasteiger partial charge in [0.1, 0.15) is 11.6 Å². The lowest BCUT2D eigenvalue weighted by atomic mass is 9.79. The highest BCUT2D eigenvalue weighted by molar-refractivity contribution is 8.00. The molecule has 3 atom stereocenters. The number of amides is 4. The Labute approximate surface area is 214 Å². The summed E-state index contributed by atoms with van der Waals surface area (Å²) >= 11 is 1.86. The van der Waals surface area contributed by atoms with Gasteiger partial charge in [-0.1, -0.05) is 20.3 Å². The molecule has 2 heterocycles. The Kier molecular flexibility index (Phi) is 12.4. The van der Waals surface area contributed by atoms with Crippen LogP contribution in [0.25, 0.3) is 0 Å². The third-order valence-electron chi connectivity index (χ3n) is 5.89. The minimum absolute atomic E-state index is 0.0334. The maximum Gasteiger partial charge on any atom is 0.494 e. The van der Waals surface area contributed by atoms with E-state index < -0.39 is 30.1 Å². The summed E-state index contributed by atoms with van der Waals surface area (Å²) in [4.78, 5) is 35.4. The highest BCUT2D eigenvalue weighted by Gasteiger charge is 2.42. The van der Waals surface area contributed by atoms with Crippen LogP contribution in [-0.2, 0) is 4.79 Å². The van der Waals surface area contributed by atoms with E-state index in [0.717, 1.165) is 37.1 Å². The zero-order chi connectivity index (χ0) is 26.7. The number of urea groups is 1. The second-order valence-electron chi connectivity index (χ2n) is 8.41. The summed E-state index contributed by atoms with van der Waals surface area (Å²) in [7, 11) is -2.31. The van der Waals surface area contributed by atoms with Crippen LogP contribution in [0.3, 0.4) is 0 Å². The second kappa shape index (κ2) is 15.0. The van der Waals surface area contributed by atoms with E-state index in [9.17, 15) is 23.2 Å². The van der Waals surface area contributed by atoms with Crippen molar-refractivity contribution in [2.45, 2.75) is 69.7 Å². The Balaban J connectivity index is 0.00000222. The van der Waals surface area contributed by atoms with Crippen LogP contribution in [0.1, 0.15) is 62.7 Å². The van der Waals surface area contributed by atoms with Gasteiger partial charge in [-0.15, -0.1) is 0 Å². The van der Waals surface area contributed by atoms with Crippen molar-refractivity contribution in [2.75, 3.05) is 18.8 Å². The third-order valence-corrected chi connectivity index (χ3v) is 7.40. The molecule has 0 saturated carbocycles. The highest BCUT2D eigenvalue weighted by Crippen LogP contribution is 2.33. The summed E-state index contributed by atoms with van der Waals surface area (Å²) in [5.41, 5.74) is -1.16. The van der Waals surface area contributed by atoms with Crippen LogP contribution in [0.2, 0.25) is 0 Å². The summed E-state index contributed by atoms with van der Waals surface area (Å²) in [6, 6.07) is 1.78. The number of halogens is 2. The molecule has 0 aromatic heterocycles. The molecule has 9 nitrogen and oxygen atoms in total. The van der Waals surface area contributed by atoms with E-state index in [1.54, 1.807) is 0 Å². The van der Waals surface area contributed by atoms with E-state index in [-0.39, 0.29) is 36.1 Å². The molecular weight excluding hydrogens is 493 g/mol. The van der Waals surface area contributed by atoms with Gasteiger partial charge in [0, 0.05) is 36.1 Å². The number of fused-ring (bicyclic) bond motifs is 1. The average Bonchev–Trinajstić information content (AvgIpc) is 3.38. The van der Waals surface area contributed by atoms with Crippen LogP contribution < -0.4 is 26.7 Å². The fraction of sp³-hybridized carbons (Fsp3) is 0.609. The minimum Gasteiger partial charge on any atom is -0.423 e. The maximum absolute atomic E-state index is 13.7. The van der Waals surface area contributed by atoms with Gasteiger partial charge in [-0.3, -0.25) is 9.59 Å². The molecule has 1 aromatic rings. The van der Waals surface area contributed by atoms with Crippen LogP contribution in [0.5, 0.6) is 0 Å². The summed E-state index contributed by atoms with van der Waals surface area (Å²) in [6.07, 6.45) is 4.26. The number of benzene rings is 1. The molecule has 36 heavy (non-hydrogen) atoms. The van der Waals surface area contributed by atoms with E-state index in [4.69, 9.17) is 10.0 Å². The Hall–Kier alpha value is -2.38. The molecule has 2 aliphatic rings. The van der Waals surface area contributed by atoms with Crippen LogP contribution in [0.4, 0.5) is 13.6 Å². The van der Waals surface area contributed by atoms with Gasteiger partial charge >= 0.3 is 13.1 Å². The number of hydrogen-bond acceptors (Lipinski definition) is 6. The van der Waals surface area contributed by atoms with E-state index in [0.29, 0.717) is 31.1 Å². The molecular formula is C23H35BF2N4O5S. The quantitative estimate of drug-likeness (QED) is 0.136. The molecule has 2 saturated heterocycles. The predicted octanol–water partition coefficient (Wildman–Crippen LogP) is 1.02. The second-order valence-corrected chi connectivity index (χ2v) is 9.68. The maximum atomic E-state index is 13.7. The number of rotatable bonds is 12. The predicted molar refractivity (Wildman–Crippen MR) is 136 cm³/mol. The van der Waals surface area contributed by atoms with E-state index >= 15 is 0 Å². The Bertz CT molecular complexity index is 888. The average molecular weight is 528 g/mol. The molecule has 0 aliphatic carbocycles. The van der Waals surface area contributed by atoms with E-state index in [1.807, 2.05) is 25.6 Å². The molecule has 0 bridgehead atoms. The Morgan fingerprint density at radius 3 is 2.33 bits per heavy atom. The Morgan fingerprint density at radius 1 is 1.06 bits per heavy atom. The molecule has 200 valence electrons. The zero-order valence-electron chi connectivity index (χ0n) is 20.6. The molecule has 2 aliphatic heterocycles. The van der Waals surface area contributed by atoms with Crippen LogP contribution in [0.15, 0.2) is 12.1 Å². The fourth-order valence-electron chi connectivity index (χ4n) is 4.11. The fourth-order valence-corrected chi connectivity index (χ4v) is 5.65. The molecule has 0 spiro atoms. The molecule has 4 amide bonds. The summed E-state index contributed by atoms with van der Waals surface area (Å²) in [5, 5.41) is 29.5. The molecule has 6 N–H and O–H groups in total. The van der Waals surface area contributed by atoms with Crippen molar-refractivity contribution in [3.8, 4) is 0 Å². The number of unbranched alkanes of at least 4 members (excludes halogenated alkanes) is 2. The van der Waals surface area contributed by atoms with Gasteiger partial charge < -0.3 is 31.3 Å². The van der Waals surface area contributed by atoms with Crippen LogP contribution >= 0.6 is 11.8 Å². The number of carbonyl (C=O) groups is 3. The topological polar surface area (TPSA) is 140 Å². The molecule has 1 aromatic carbocycles. The summed E-state index contributed by atoms with van der Waals surface area (Å²) < 4.78 is 27.5. The largest absolute Gasteiger partial charge is 0.494 e. The first-order valence-electron chi connectivity index (χ1n) is 12.3. The van der Waals surface area contributed by atoms with Gasteiger partial charge in [0.15, 0.2) is 0 Å². The van der Waals surface area contributed by atoms with Crippen LogP contribution in [0, 0.1) is 11.6 Å². The molecule has 2 fully saturated rings. The normalized spacial score (nSPS) is 19.9. The minimum atomic E-state index is -2.31. The van der Waals surface area contributed by atoms with E-state index in [1.165, 1.54) is 0 Å². The van der Waals surface area contributed by atoms with Crippen LogP contribution in [-0.4, -0.2) is 71.2 Å². The first-order valence-corrected chi connectivity index (χ1v) is 13.4. The van der Waals surface area contributed by atoms with Gasteiger partial charge in [-0.25, -0.2) is 13.6 Å². The van der Waals surface area contributed by atoms with Crippen molar-refractivity contribution in [1.82, 2.24) is 21.3 Å². The van der Waals surface area contributed by atoms with Crippen molar-refractivity contribution in [3.63, 3.8) is 0 Å². The molecule has 3 unspecified atom stereocenters. The first-order chi connectivity index (χ1) is 17.3. The first kappa shape index (κ1) is 29.9. The number of carbonyl (C=O) groups excluding carboxylic acids is 3. The lowest BCUT2D eigenvalue weighted by Gasteiger charge is -2.16. The van der Waals surface area contributed by atoms with Gasteiger partial charge in [0.05, 0.1) is 17.5 Å². The van der Waals surface area contributed by atoms with Crippen molar-refractivity contribution in [1.29, 1.82) is 0 Å². The van der Waals surface area contributed by atoms with Gasteiger partial charge in [0.25, 0.3) is 5.91 Å². The van der Waals surface area contributed by atoms with Gasteiger partial charge in [-0.2, -0.15) is 11.8 Å². The third kappa shape index (κ3) is 8.63. The SMILES string of the molecule is CC.O=C(CCCCC1SCC2NC(=O)NC21)NCCCCNC(=O)c1cc(F)c(B(O)O)c(F)c1. The number of nitrogens with one attached hydrogen (secondary N) is 4. The van der Waals surface area contributed by atoms with Crippen molar-refractivity contribution < 1.29 is 33.2 Å². The number of thioether (sulfide) groups is 1. The molecule has 0 radical (unpaired) electrons. The monoisotopic (exact) mass is 528 g/mol. The zero-order valence-corrected chi connectivity index (χ0v) is 21.4. The van der Waals surface area contributed by atoms with Gasteiger partial charge in [-0.05, 0) is 37.8 Å². The summed E-state index contributed by atoms with van der Waals surface area (Å²) in [6.45, 7) is 4.72. The van der Waals surface area contributed by atoms with E-state index in [2.05, 4.69) is 21.3 Å². The molecule has 13 heteroatoms. The smallest absolute Gasteiger partial charge is 0.423 e. The number of hydrogen-bond donors (Lipinski definition) is 6. The van der Waals surface area contributed by atoms with Crippen molar-refractivity contribution in [3.05, 3.63) is 29.3 Å². The highest BCUT2D eigenvalue weighted by atomic mass is 32.2. The lowest BCUT2D eigenvalue weighted by molar-refractivity contribution is -0.121. The lowest BCUT2D eigenvalue weighted by Crippen LogP contribution is -2.36. The van der Waals surface area contributed by atoms with Gasteiger partial charge in [0.2, 0.25) is 5.91 Å². The van der Waals surface area contributed by atoms with Crippen molar-refractivity contribution >= 4 is 42.2 Å².